The molecule has 3 N–H and O–H groups in total. The molecule has 0 spiro atoms. The van der Waals surface area contributed by atoms with Crippen LogP contribution in [0.1, 0.15) is 31.1 Å². The smallest absolute Gasteiger partial charge is 0.281 e. The van der Waals surface area contributed by atoms with Gasteiger partial charge in [-0.3, -0.25) is 4.79 Å². The van der Waals surface area contributed by atoms with E-state index in [2.05, 4.69) is 44.4 Å². The van der Waals surface area contributed by atoms with E-state index in [1.54, 1.807) is 18.2 Å². The zero-order valence-electron chi connectivity index (χ0n) is 19.6. The molecule has 0 unspecified atom stereocenters. The molecule has 1 aliphatic heterocycles. The number of likely N-dealkylation sites (N-methyl/N-ethyl adjacent to an activating group) is 1. The number of nitrogen functional groups attached to an aromatic ring is 1. The summed E-state index contributed by atoms with van der Waals surface area (Å²) in [5.74, 6) is 0.498. The SMILES string of the molecule is CN1CCN(c2ccc(Nc3nc(N)n(C(=O)c4cccc(OC(C)(C)C)c4)n3)cc2)CC1. The van der Waals surface area contributed by atoms with Gasteiger partial charge in [0.1, 0.15) is 11.4 Å². The summed E-state index contributed by atoms with van der Waals surface area (Å²) in [7, 11) is 2.14. The maximum Gasteiger partial charge on any atom is 0.281 e. The minimum atomic E-state index is -0.377. The molecule has 0 saturated carbocycles. The number of nitrogens with zero attached hydrogens (tertiary/aromatic N) is 5. The highest BCUT2D eigenvalue weighted by molar-refractivity contribution is 5.97. The average Bonchev–Trinajstić information content (AvgIpc) is 3.13. The van der Waals surface area contributed by atoms with Crippen molar-refractivity contribution in [2.75, 3.05) is 49.2 Å². The van der Waals surface area contributed by atoms with Crippen LogP contribution < -0.4 is 20.7 Å². The molecule has 0 atom stereocenters. The second-order valence-electron chi connectivity index (χ2n) is 9.22. The lowest BCUT2D eigenvalue weighted by Crippen LogP contribution is -2.44. The molecular formula is C24H31N7O2. The highest BCUT2D eigenvalue weighted by Gasteiger charge is 2.19. The van der Waals surface area contributed by atoms with E-state index in [4.69, 9.17) is 10.5 Å². The molecule has 3 aromatic rings. The van der Waals surface area contributed by atoms with Crippen LogP contribution in [0.2, 0.25) is 0 Å². The Hall–Kier alpha value is -3.59. The van der Waals surface area contributed by atoms with Gasteiger partial charge in [0, 0.05) is 43.1 Å². The maximum atomic E-state index is 13.0. The number of ether oxygens (including phenoxy) is 1. The summed E-state index contributed by atoms with van der Waals surface area (Å²) in [4.78, 5) is 21.9. The molecule has 174 valence electrons. The summed E-state index contributed by atoms with van der Waals surface area (Å²) in [6.45, 7) is 9.98. The second-order valence-corrected chi connectivity index (χ2v) is 9.22. The van der Waals surface area contributed by atoms with Crippen molar-refractivity contribution in [3.63, 3.8) is 0 Å². The summed E-state index contributed by atoms with van der Waals surface area (Å²) in [6.07, 6.45) is 0. The third-order valence-corrected chi connectivity index (χ3v) is 5.32. The molecular weight excluding hydrogens is 418 g/mol. The molecule has 0 amide bonds. The third-order valence-electron chi connectivity index (χ3n) is 5.32. The van der Waals surface area contributed by atoms with Crippen molar-refractivity contribution in [1.29, 1.82) is 0 Å². The van der Waals surface area contributed by atoms with Gasteiger partial charge in [-0.25, -0.2) is 0 Å². The first-order valence-corrected chi connectivity index (χ1v) is 11.0. The summed E-state index contributed by atoms with van der Waals surface area (Å²) in [6, 6.07) is 15.0. The van der Waals surface area contributed by atoms with Crippen LogP contribution in [0.4, 0.5) is 23.3 Å². The largest absolute Gasteiger partial charge is 0.488 e. The van der Waals surface area contributed by atoms with Crippen LogP contribution in [0, 0.1) is 0 Å². The fourth-order valence-electron chi connectivity index (χ4n) is 3.64. The number of hydrogen-bond donors (Lipinski definition) is 2. The molecule has 1 aliphatic rings. The fourth-order valence-corrected chi connectivity index (χ4v) is 3.64. The Morgan fingerprint density at radius 1 is 1.06 bits per heavy atom. The molecule has 33 heavy (non-hydrogen) atoms. The van der Waals surface area contributed by atoms with Gasteiger partial charge in [-0.2, -0.15) is 9.67 Å². The van der Waals surface area contributed by atoms with Crippen molar-refractivity contribution in [1.82, 2.24) is 19.7 Å². The zero-order chi connectivity index (χ0) is 23.6. The Morgan fingerprint density at radius 2 is 1.76 bits per heavy atom. The average molecular weight is 450 g/mol. The third kappa shape index (κ3) is 5.61. The number of hydrogen-bond acceptors (Lipinski definition) is 8. The lowest BCUT2D eigenvalue weighted by Gasteiger charge is -2.34. The molecule has 1 saturated heterocycles. The molecule has 2 heterocycles. The normalized spacial score (nSPS) is 14.8. The van der Waals surface area contributed by atoms with Crippen molar-refractivity contribution in [3.8, 4) is 5.75 Å². The van der Waals surface area contributed by atoms with Crippen LogP contribution in [0.25, 0.3) is 0 Å². The zero-order valence-corrected chi connectivity index (χ0v) is 19.6. The van der Waals surface area contributed by atoms with Gasteiger partial charge < -0.3 is 25.6 Å². The Bertz CT molecular complexity index is 1110. The van der Waals surface area contributed by atoms with Gasteiger partial charge in [0.2, 0.25) is 11.9 Å². The number of benzene rings is 2. The predicted octanol–water partition coefficient (Wildman–Crippen LogP) is 3.22. The van der Waals surface area contributed by atoms with Crippen LogP contribution in [0.15, 0.2) is 48.5 Å². The van der Waals surface area contributed by atoms with Gasteiger partial charge in [-0.1, -0.05) is 6.07 Å². The van der Waals surface area contributed by atoms with Crippen LogP contribution in [0.5, 0.6) is 5.75 Å². The van der Waals surface area contributed by atoms with Crippen LogP contribution in [0.3, 0.4) is 0 Å². The number of rotatable bonds is 5. The van der Waals surface area contributed by atoms with Crippen LogP contribution in [-0.2, 0) is 0 Å². The van der Waals surface area contributed by atoms with E-state index in [9.17, 15) is 4.79 Å². The number of nitrogens with two attached hydrogens (primary N) is 1. The van der Waals surface area contributed by atoms with E-state index in [1.807, 2.05) is 39.0 Å². The Morgan fingerprint density at radius 3 is 2.42 bits per heavy atom. The molecule has 1 aromatic heterocycles. The Kier molecular flexibility index (Phi) is 6.24. The van der Waals surface area contributed by atoms with Gasteiger partial charge >= 0.3 is 0 Å². The molecule has 0 radical (unpaired) electrons. The summed E-state index contributed by atoms with van der Waals surface area (Å²) < 4.78 is 6.95. The molecule has 9 nitrogen and oxygen atoms in total. The molecule has 1 fully saturated rings. The number of anilines is 4. The van der Waals surface area contributed by atoms with Crippen LogP contribution in [-0.4, -0.2) is 64.4 Å². The molecule has 9 heteroatoms. The standard InChI is InChI=1S/C24H31N7O2/c1-24(2,3)33-20-7-5-6-17(16-20)21(32)31-22(25)27-23(28-31)26-18-8-10-19(11-9-18)30-14-12-29(4)13-15-30/h5-11,16H,12-15H2,1-4H3,(H3,25,26,27,28). The Balaban J connectivity index is 1.45. The van der Waals surface area contributed by atoms with Gasteiger partial charge in [0.25, 0.3) is 5.91 Å². The topological polar surface area (TPSA) is 102 Å². The summed E-state index contributed by atoms with van der Waals surface area (Å²) in [5.41, 5.74) is 8.03. The van der Waals surface area contributed by atoms with Crippen LogP contribution >= 0.6 is 0 Å². The first-order chi connectivity index (χ1) is 15.7. The lowest BCUT2D eigenvalue weighted by atomic mass is 10.1. The van der Waals surface area contributed by atoms with E-state index in [1.165, 1.54) is 5.69 Å². The number of aromatic nitrogens is 3. The fraction of sp³-hybridized carbons (Fsp3) is 0.375. The summed E-state index contributed by atoms with van der Waals surface area (Å²) >= 11 is 0. The molecule has 2 aromatic carbocycles. The van der Waals surface area contributed by atoms with Crippen molar-refractivity contribution in [3.05, 3.63) is 54.1 Å². The predicted molar refractivity (Wildman–Crippen MR) is 130 cm³/mol. The Labute approximate surface area is 194 Å². The number of carbonyl (C=O) groups is 1. The van der Waals surface area contributed by atoms with E-state index >= 15 is 0 Å². The van der Waals surface area contributed by atoms with Crippen molar-refractivity contribution in [2.45, 2.75) is 26.4 Å². The van der Waals surface area contributed by atoms with Gasteiger partial charge in [-0.05, 0) is 70.3 Å². The van der Waals surface area contributed by atoms with Gasteiger partial charge in [-0.15, -0.1) is 5.10 Å². The highest BCUT2D eigenvalue weighted by Crippen LogP contribution is 2.23. The van der Waals surface area contributed by atoms with Crippen molar-refractivity contribution >= 4 is 29.2 Å². The van der Waals surface area contributed by atoms with Crippen molar-refractivity contribution < 1.29 is 9.53 Å². The maximum absolute atomic E-state index is 13.0. The summed E-state index contributed by atoms with van der Waals surface area (Å²) in [5, 5.41) is 7.39. The molecule has 0 aliphatic carbocycles. The van der Waals surface area contributed by atoms with E-state index in [-0.39, 0.29) is 23.4 Å². The van der Waals surface area contributed by atoms with E-state index in [0.717, 1.165) is 36.5 Å². The van der Waals surface area contributed by atoms with Crippen molar-refractivity contribution in [2.24, 2.45) is 0 Å². The highest BCUT2D eigenvalue weighted by atomic mass is 16.5. The first-order valence-electron chi connectivity index (χ1n) is 11.0. The first kappa shape index (κ1) is 22.6. The quantitative estimate of drug-likeness (QED) is 0.612. The minimum Gasteiger partial charge on any atom is -0.488 e. The van der Waals surface area contributed by atoms with Gasteiger partial charge in [0.15, 0.2) is 0 Å². The number of nitrogens with one attached hydrogen (secondary N) is 1. The van der Waals surface area contributed by atoms with E-state index in [0.29, 0.717) is 11.3 Å². The van der Waals surface area contributed by atoms with E-state index < -0.39 is 0 Å². The monoisotopic (exact) mass is 449 g/mol. The second kappa shape index (κ2) is 9.11. The number of piperazine rings is 1. The molecule has 0 bridgehead atoms. The number of carbonyl (C=O) groups excluding carboxylic acids is 1. The molecule has 4 rings (SSSR count). The minimum absolute atomic E-state index is 0.0127. The van der Waals surface area contributed by atoms with Gasteiger partial charge in [0.05, 0.1) is 0 Å². The lowest BCUT2D eigenvalue weighted by molar-refractivity contribution is 0.0945.